The fourth-order valence-electron chi connectivity index (χ4n) is 7.26. The predicted molar refractivity (Wildman–Crippen MR) is 207 cm³/mol. The molecule has 4 aromatic rings. The number of ether oxygens (including phenoxy) is 1. The molecule has 3 amide bonds. The fourth-order valence-corrected chi connectivity index (χ4v) is 8.87. The molecule has 13 nitrogen and oxygen atoms in total. The molecule has 14 heteroatoms. The van der Waals surface area contributed by atoms with Gasteiger partial charge in [-0.2, -0.15) is 4.31 Å². The van der Waals surface area contributed by atoms with E-state index in [1.165, 1.54) is 0 Å². The zero-order valence-electron chi connectivity index (χ0n) is 31.3. The number of aryl methyl sites for hydroxylation is 1. The Labute approximate surface area is 315 Å². The maximum absolute atomic E-state index is 13.8. The first-order valence-corrected chi connectivity index (χ1v) is 20.1. The van der Waals surface area contributed by atoms with Gasteiger partial charge in [0.2, 0.25) is 21.8 Å². The molecule has 0 unspecified atom stereocenters. The van der Waals surface area contributed by atoms with Gasteiger partial charge in [0, 0.05) is 37.7 Å². The Bertz CT molecular complexity index is 2160. The number of alkyl carbamates (subject to hydrolysis) is 1. The van der Waals surface area contributed by atoms with Crippen molar-refractivity contribution in [1.29, 1.82) is 0 Å². The van der Waals surface area contributed by atoms with Crippen molar-refractivity contribution in [3.8, 4) is 11.1 Å². The fraction of sp³-hybridized carbons (Fsp3) is 0.450. The largest absolute Gasteiger partial charge is 0.444 e. The quantitative estimate of drug-likeness (QED) is 0.132. The molecule has 0 bridgehead atoms. The minimum absolute atomic E-state index is 0.199. The summed E-state index contributed by atoms with van der Waals surface area (Å²) in [6, 6.07) is 17.1. The molecule has 3 aromatic carbocycles. The average Bonchev–Trinajstić information content (AvgIpc) is 3.80. The van der Waals surface area contributed by atoms with Crippen molar-refractivity contribution < 1.29 is 27.5 Å². The third-order valence-electron chi connectivity index (χ3n) is 10.2. The molecule has 1 aliphatic carbocycles. The number of sulfonamides is 1. The highest BCUT2D eigenvalue weighted by Crippen LogP contribution is 2.30. The summed E-state index contributed by atoms with van der Waals surface area (Å²) in [6.07, 6.45) is 4.28. The van der Waals surface area contributed by atoms with E-state index >= 15 is 0 Å². The molecule has 1 aromatic heterocycles. The lowest BCUT2D eigenvalue weighted by atomic mass is 9.81. The number of amides is 3. The van der Waals surface area contributed by atoms with Gasteiger partial charge < -0.3 is 30.7 Å². The Hall–Kier alpha value is -4.95. The van der Waals surface area contributed by atoms with Crippen LogP contribution >= 0.6 is 0 Å². The van der Waals surface area contributed by atoms with Crippen molar-refractivity contribution in [2.75, 3.05) is 25.0 Å². The van der Waals surface area contributed by atoms with E-state index < -0.39 is 33.7 Å². The summed E-state index contributed by atoms with van der Waals surface area (Å²) >= 11 is 0. The van der Waals surface area contributed by atoms with E-state index in [0.717, 1.165) is 47.9 Å². The molecule has 0 spiro atoms. The molecule has 1 aliphatic heterocycles. The molecule has 0 radical (unpaired) electrons. The molecular formula is C40H50N6O7S. The van der Waals surface area contributed by atoms with Gasteiger partial charge in [-0.25, -0.2) is 18.0 Å². The first-order valence-electron chi connectivity index (χ1n) is 18.6. The number of rotatable bonds is 11. The highest BCUT2D eigenvalue weighted by Gasteiger charge is 2.31. The summed E-state index contributed by atoms with van der Waals surface area (Å²) in [6.45, 7) is 8.91. The Morgan fingerprint density at radius 3 is 2.26 bits per heavy atom. The van der Waals surface area contributed by atoms with E-state index in [1.807, 2.05) is 58.0 Å². The molecule has 1 atom stereocenters. The molecule has 1 saturated heterocycles. The number of nitrogens with one attached hydrogen (secondary N) is 5. The minimum atomic E-state index is -3.53. The van der Waals surface area contributed by atoms with Crippen LogP contribution in [0, 0.1) is 18.8 Å². The minimum Gasteiger partial charge on any atom is -0.444 e. The van der Waals surface area contributed by atoms with E-state index in [-0.39, 0.29) is 29.9 Å². The van der Waals surface area contributed by atoms with Gasteiger partial charge in [-0.15, -0.1) is 0 Å². The molecular weight excluding hydrogens is 709 g/mol. The number of aromatic nitrogens is 2. The van der Waals surface area contributed by atoms with Crippen LogP contribution in [0.1, 0.15) is 70.4 Å². The lowest BCUT2D eigenvalue weighted by Gasteiger charge is -2.29. The maximum Gasteiger partial charge on any atom is 0.407 e. The van der Waals surface area contributed by atoms with Gasteiger partial charge in [0.1, 0.15) is 11.6 Å². The molecule has 2 heterocycles. The first kappa shape index (κ1) is 38.8. The van der Waals surface area contributed by atoms with Crippen LogP contribution in [0.5, 0.6) is 0 Å². The van der Waals surface area contributed by atoms with Crippen LogP contribution in [0.15, 0.2) is 70.4 Å². The van der Waals surface area contributed by atoms with E-state index in [1.54, 1.807) is 34.6 Å². The smallest absolute Gasteiger partial charge is 0.407 e. The van der Waals surface area contributed by atoms with Crippen molar-refractivity contribution in [1.82, 2.24) is 24.9 Å². The van der Waals surface area contributed by atoms with Gasteiger partial charge in [0.05, 0.1) is 15.9 Å². The van der Waals surface area contributed by atoms with Gasteiger partial charge in [0.25, 0.3) is 0 Å². The highest BCUT2D eigenvalue weighted by atomic mass is 32.2. The number of nitrogens with zero attached hydrogens (tertiary/aromatic N) is 1. The SMILES string of the molecule is Cc1cc(S(=O)(=O)N2CCCC2)ccc1-c1ccc(C[C@H](NC(=O)C2CCC(CNC(=O)OC(C)(C)C)CC2)C(=O)Nc2ccc3[nH]c(=O)[nH]c3c2)cc1. The van der Waals surface area contributed by atoms with Crippen molar-refractivity contribution >= 4 is 44.7 Å². The number of benzene rings is 3. The number of hydrogen-bond donors (Lipinski definition) is 5. The Kier molecular flexibility index (Phi) is 11.6. The van der Waals surface area contributed by atoms with Crippen molar-refractivity contribution in [2.24, 2.45) is 11.8 Å². The van der Waals surface area contributed by atoms with Crippen LogP contribution in [0.25, 0.3) is 22.2 Å². The molecule has 6 rings (SSSR count). The number of carbonyl (C=O) groups excluding carboxylic acids is 3. The third kappa shape index (κ3) is 9.58. The van der Waals surface area contributed by atoms with Crippen LogP contribution in [-0.2, 0) is 30.8 Å². The third-order valence-corrected chi connectivity index (χ3v) is 12.1. The van der Waals surface area contributed by atoms with E-state index in [4.69, 9.17) is 4.74 Å². The number of fused-ring (bicyclic) bond motifs is 1. The molecule has 288 valence electrons. The molecule has 2 aliphatic rings. The second-order valence-electron chi connectivity index (χ2n) is 15.5. The Balaban J connectivity index is 1.13. The number of imidazole rings is 1. The number of aromatic amines is 2. The summed E-state index contributed by atoms with van der Waals surface area (Å²) in [5.74, 6) is -0.647. The van der Waals surface area contributed by atoms with Gasteiger partial charge in [0.15, 0.2) is 0 Å². The van der Waals surface area contributed by atoms with Crippen molar-refractivity contribution in [3.05, 3.63) is 82.3 Å². The van der Waals surface area contributed by atoms with Crippen LogP contribution < -0.4 is 21.6 Å². The summed E-state index contributed by atoms with van der Waals surface area (Å²) in [5.41, 5.74) is 4.16. The number of hydrogen-bond acceptors (Lipinski definition) is 7. The van der Waals surface area contributed by atoms with Gasteiger partial charge >= 0.3 is 11.8 Å². The molecule has 2 fully saturated rings. The van der Waals surface area contributed by atoms with Crippen LogP contribution in [-0.4, -0.2) is 71.9 Å². The zero-order chi connectivity index (χ0) is 38.6. The lowest BCUT2D eigenvalue weighted by Crippen LogP contribution is -2.48. The molecule has 54 heavy (non-hydrogen) atoms. The van der Waals surface area contributed by atoms with Gasteiger partial charge in [-0.1, -0.05) is 30.3 Å². The average molecular weight is 759 g/mol. The monoisotopic (exact) mass is 758 g/mol. The van der Waals surface area contributed by atoms with Crippen LogP contribution in [0.2, 0.25) is 0 Å². The Morgan fingerprint density at radius 2 is 1.59 bits per heavy atom. The summed E-state index contributed by atoms with van der Waals surface area (Å²) in [4.78, 5) is 57.0. The van der Waals surface area contributed by atoms with Crippen molar-refractivity contribution in [2.45, 2.75) is 89.2 Å². The predicted octanol–water partition coefficient (Wildman–Crippen LogP) is 5.61. The van der Waals surface area contributed by atoms with Crippen molar-refractivity contribution in [3.63, 3.8) is 0 Å². The van der Waals surface area contributed by atoms with Crippen LogP contribution in [0.4, 0.5) is 10.5 Å². The Morgan fingerprint density at radius 1 is 0.907 bits per heavy atom. The summed E-state index contributed by atoms with van der Waals surface area (Å²) < 4.78 is 33.1. The first-order chi connectivity index (χ1) is 25.6. The number of anilines is 1. The molecule has 1 saturated carbocycles. The second-order valence-corrected chi connectivity index (χ2v) is 17.4. The number of carbonyl (C=O) groups is 3. The van der Waals surface area contributed by atoms with Gasteiger partial charge in [-0.05, 0) is 125 Å². The van der Waals surface area contributed by atoms with E-state index in [2.05, 4.69) is 25.9 Å². The van der Waals surface area contributed by atoms with Crippen LogP contribution in [0.3, 0.4) is 0 Å². The topological polar surface area (TPSA) is 183 Å². The van der Waals surface area contributed by atoms with E-state index in [9.17, 15) is 27.6 Å². The second kappa shape index (κ2) is 16.2. The number of H-pyrrole nitrogens is 2. The molecule has 5 N–H and O–H groups in total. The van der Waals surface area contributed by atoms with Gasteiger partial charge in [-0.3, -0.25) is 9.59 Å². The lowest BCUT2D eigenvalue weighted by molar-refractivity contribution is -0.130. The normalized spacial score (nSPS) is 18.6. The van der Waals surface area contributed by atoms with E-state index in [0.29, 0.717) is 54.1 Å². The highest BCUT2D eigenvalue weighted by molar-refractivity contribution is 7.89. The summed E-state index contributed by atoms with van der Waals surface area (Å²) in [5, 5.41) is 8.77. The summed E-state index contributed by atoms with van der Waals surface area (Å²) in [7, 11) is -3.53. The maximum atomic E-state index is 13.8. The standard InChI is InChI=1S/C40H50N6O7S/c1-25-21-31(54(51,52)46-19-5-6-20-46)16-17-32(25)28-11-7-26(8-12-28)22-35(37(48)42-30-15-18-33-34(23-30)45-38(49)44-33)43-36(47)29-13-9-27(10-14-29)24-41-39(50)53-40(2,3)4/h7-8,11-12,15-18,21,23,27,29,35H,5-6,9-10,13-14,19-20,22,24H2,1-4H3,(H,41,50)(H,42,48)(H,43,47)(H2,44,45,49)/t27?,29?,35-/m0/s1. The zero-order valence-corrected chi connectivity index (χ0v) is 32.1.